The molecule has 0 aliphatic heterocycles. The zero-order valence-corrected chi connectivity index (χ0v) is 9.19. The molecule has 5 nitrogen and oxygen atoms in total. The minimum absolute atomic E-state index is 0.118. The average Bonchev–Trinajstić information content (AvgIpc) is 2.13. The summed E-state index contributed by atoms with van der Waals surface area (Å²) in [5.74, 6) is -0.745. The average molecular weight is 207 g/mol. The van der Waals surface area contributed by atoms with Crippen molar-refractivity contribution in [2.45, 2.75) is 13.3 Å². The first-order valence-electron chi connectivity index (χ1n) is 4.59. The number of nitrogens with zero attached hydrogens (tertiary/aromatic N) is 1. The number of aliphatic hydroxyl groups is 1. The third kappa shape index (κ3) is 22.5. The van der Waals surface area contributed by atoms with Crippen LogP contribution in [0, 0.1) is 0 Å². The smallest absolute Gasteiger partial charge is 0.303 e. The summed E-state index contributed by atoms with van der Waals surface area (Å²) in [6.45, 7) is 3.79. The van der Waals surface area contributed by atoms with Gasteiger partial charge in [0.2, 0.25) is 0 Å². The maximum Gasteiger partial charge on any atom is 0.303 e. The van der Waals surface area contributed by atoms with Crippen LogP contribution in [0.15, 0.2) is 0 Å². The zero-order valence-electron chi connectivity index (χ0n) is 9.19. The molecule has 0 aromatic rings. The maximum absolute atomic E-state index is 9.37. The molecule has 0 bridgehead atoms. The standard InChI is InChI=1S/C6H15NO2.C3H6O2/c1-7(2)3-5-9-6-4-8;1-2-3(4)5/h8H,3-6H2,1-2H3;2H2,1H3,(H,4,5). The lowest BCUT2D eigenvalue weighted by molar-refractivity contribution is -0.136. The molecule has 0 aromatic carbocycles. The first-order chi connectivity index (χ1) is 6.54. The van der Waals surface area contributed by atoms with Crippen LogP contribution >= 0.6 is 0 Å². The van der Waals surface area contributed by atoms with Crippen LogP contribution in [0.2, 0.25) is 0 Å². The highest BCUT2D eigenvalue weighted by Gasteiger charge is 1.88. The van der Waals surface area contributed by atoms with Crippen LogP contribution in [0.25, 0.3) is 0 Å². The quantitative estimate of drug-likeness (QED) is 0.602. The van der Waals surface area contributed by atoms with Gasteiger partial charge in [-0.3, -0.25) is 4.79 Å². The molecule has 2 N–H and O–H groups in total. The molecule has 0 aliphatic rings. The first kappa shape index (κ1) is 15.8. The molecule has 0 aliphatic carbocycles. The van der Waals surface area contributed by atoms with Crippen LogP contribution in [0.3, 0.4) is 0 Å². The van der Waals surface area contributed by atoms with E-state index in [0.29, 0.717) is 13.2 Å². The molecule has 0 radical (unpaired) electrons. The summed E-state index contributed by atoms with van der Waals surface area (Å²) in [4.78, 5) is 11.4. The Hall–Kier alpha value is -0.650. The van der Waals surface area contributed by atoms with E-state index in [1.54, 1.807) is 6.92 Å². The fourth-order valence-electron chi connectivity index (χ4n) is 0.414. The predicted molar refractivity (Wildman–Crippen MR) is 54.4 cm³/mol. The van der Waals surface area contributed by atoms with Crippen LogP contribution in [0.1, 0.15) is 13.3 Å². The Morgan fingerprint density at radius 1 is 1.36 bits per heavy atom. The van der Waals surface area contributed by atoms with E-state index in [1.165, 1.54) is 0 Å². The van der Waals surface area contributed by atoms with E-state index in [0.717, 1.165) is 6.54 Å². The Labute approximate surface area is 85.3 Å². The predicted octanol–water partition coefficient (Wildman–Crippen LogP) is 0.0379. The van der Waals surface area contributed by atoms with Gasteiger partial charge < -0.3 is 19.8 Å². The number of hydrogen-bond donors (Lipinski definition) is 2. The van der Waals surface area contributed by atoms with Gasteiger partial charge in [0.25, 0.3) is 0 Å². The first-order valence-corrected chi connectivity index (χ1v) is 4.59. The van der Waals surface area contributed by atoms with E-state index < -0.39 is 5.97 Å². The van der Waals surface area contributed by atoms with Crippen LogP contribution in [-0.2, 0) is 9.53 Å². The number of carboxylic acid groups (broad SMARTS) is 1. The second-order valence-electron chi connectivity index (χ2n) is 2.89. The largest absolute Gasteiger partial charge is 0.481 e. The molecule has 0 rings (SSSR count). The summed E-state index contributed by atoms with van der Waals surface area (Å²) in [6, 6.07) is 0. The molecule has 0 heterocycles. The number of hydrogen-bond acceptors (Lipinski definition) is 4. The molecule has 0 amide bonds. The number of carbonyl (C=O) groups is 1. The molecule has 0 saturated carbocycles. The number of rotatable bonds is 6. The lowest BCUT2D eigenvalue weighted by Gasteiger charge is -2.08. The van der Waals surface area contributed by atoms with Crippen molar-refractivity contribution >= 4 is 5.97 Å². The number of aliphatic hydroxyl groups excluding tert-OH is 1. The van der Waals surface area contributed by atoms with Gasteiger partial charge in [0.15, 0.2) is 0 Å². The van der Waals surface area contributed by atoms with Gasteiger partial charge in [0, 0.05) is 13.0 Å². The molecule has 14 heavy (non-hydrogen) atoms. The molecule has 0 spiro atoms. The van der Waals surface area contributed by atoms with Crippen molar-refractivity contribution in [3.63, 3.8) is 0 Å². The zero-order chi connectivity index (χ0) is 11.4. The summed E-state index contributed by atoms with van der Waals surface area (Å²) in [6.07, 6.45) is 0.222. The van der Waals surface area contributed by atoms with Gasteiger partial charge in [-0.15, -0.1) is 0 Å². The van der Waals surface area contributed by atoms with Crippen LogP contribution in [0.4, 0.5) is 0 Å². The third-order valence-electron chi connectivity index (χ3n) is 1.22. The Morgan fingerprint density at radius 3 is 2.14 bits per heavy atom. The van der Waals surface area contributed by atoms with Crippen LogP contribution < -0.4 is 0 Å². The lowest BCUT2D eigenvalue weighted by atomic mass is 10.5. The van der Waals surface area contributed by atoms with E-state index in [1.807, 2.05) is 19.0 Å². The number of aliphatic carboxylic acids is 1. The SMILES string of the molecule is CCC(=O)O.CN(C)CCOCCO. The monoisotopic (exact) mass is 207 g/mol. The van der Waals surface area contributed by atoms with Gasteiger partial charge in [-0.25, -0.2) is 0 Å². The summed E-state index contributed by atoms with van der Waals surface area (Å²) in [7, 11) is 3.98. The molecule has 86 valence electrons. The molecule has 0 saturated heterocycles. The molecular weight excluding hydrogens is 186 g/mol. The topological polar surface area (TPSA) is 70.0 Å². The number of carboxylic acids is 1. The van der Waals surface area contributed by atoms with Crippen molar-refractivity contribution in [1.82, 2.24) is 4.90 Å². The van der Waals surface area contributed by atoms with Crippen LogP contribution in [-0.4, -0.2) is 61.5 Å². The highest BCUT2D eigenvalue weighted by Crippen LogP contribution is 1.76. The van der Waals surface area contributed by atoms with E-state index in [9.17, 15) is 4.79 Å². The van der Waals surface area contributed by atoms with Gasteiger partial charge in [-0.2, -0.15) is 0 Å². The highest BCUT2D eigenvalue weighted by molar-refractivity contribution is 5.66. The van der Waals surface area contributed by atoms with Gasteiger partial charge >= 0.3 is 5.97 Å². The number of ether oxygens (including phenoxy) is 1. The Morgan fingerprint density at radius 2 is 1.86 bits per heavy atom. The highest BCUT2D eigenvalue weighted by atomic mass is 16.5. The summed E-state index contributed by atoms with van der Waals surface area (Å²) < 4.78 is 5.00. The van der Waals surface area contributed by atoms with E-state index in [2.05, 4.69) is 0 Å². The van der Waals surface area contributed by atoms with Crippen molar-refractivity contribution < 1.29 is 19.7 Å². The third-order valence-corrected chi connectivity index (χ3v) is 1.22. The molecule has 0 atom stereocenters. The van der Waals surface area contributed by atoms with Crippen LogP contribution in [0.5, 0.6) is 0 Å². The minimum Gasteiger partial charge on any atom is -0.481 e. The van der Waals surface area contributed by atoms with Crippen molar-refractivity contribution in [1.29, 1.82) is 0 Å². The Bertz CT molecular complexity index is 128. The Balaban J connectivity index is 0. The summed E-state index contributed by atoms with van der Waals surface area (Å²) in [5, 5.41) is 16.0. The van der Waals surface area contributed by atoms with Crippen molar-refractivity contribution in [3.8, 4) is 0 Å². The molecule has 0 unspecified atom stereocenters. The normalized spacial score (nSPS) is 9.50. The molecular formula is C9H21NO4. The molecule has 0 aromatic heterocycles. The van der Waals surface area contributed by atoms with E-state index in [-0.39, 0.29) is 13.0 Å². The van der Waals surface area contributed by atoms with Gasteiger partial charge in [0.05, 0.1) is 19.8 Å². The second kappa shape index (κ2) is 12.3. The lowest BCUT2D eigenvalue weighted by Crippen LogP contribution is -2.18. The van der Waals surface area contributed by atoms with Gasteiger partial charge in [0.1, 0.15) is 0 Å². The Kier molecular flexibility index (Phi) is 13.9. The van der Waals surface area contributed by atoms with Gasteiger partial charge in [-0.1, -0.05) is 6.92 Å². The second-order valence-corrected chi connectivity index (χ2v) is 2.89. The fraction of sp³-hybridized carbons (Fsp3) is 0.889. The van der Waals surface area contributed by atoms with E-state index in [4.69, 9.17) is 14.9 Å². The number of likely N-dealkylation sites (N-methyl/N-ethyl adjacent to an activating group) is 1. The van der Waals surface area contributed by atoms with Crippen molar-refractivity contribution in [2.75, 3.05) is 40.5 Å². The summed E-state index contributed by atoms with van der Waals surface area (Å²) in [5.41, 5.74) is 0. The minimum atomic E-state index is -0.745. The molecule has 0 fully saturated rings. The molecule has 5 heteroatoms. The van der Waals surface area contributed by atoms with Crippen molar-refractivity contribution in [2.24, 2.45) is 0 Å². The van der Waals surface area contributed by atoms with Gasteiger partial charge in [-0.05, 0) is 14.1 Å². The van der Waals surface area contributed by atoms with Crippen molar-refractivity contribution in [3.05, 3.63) is 0 Å². The maximum atomic E-state index is 9.37. The summed E-state index contributed by atoms with van der Waals surface area (Å²) >= 11 is 0. The fourth-order valence-corrected chi connectivity index (χ4v) is 0.414. The van der Waals surface area contributed by atoms with E-state index >= 15 is 0 Å².